The lowest BCUT2D eigenvalue weighted by Crippen LogP contribution is -2.48. The minimum atomic E-state index is -0.0117. The van der Waals surface area contributed by atoms with Crippen molar-refractivity contribution >= 4 is 17.5 Å². The first-order chi connectivity index (χ1) is 14.6. The molecule has 156 valence electrons. The normalized spacial score (nSPS) is 14.7. The number of hydrogen-bond donors (Lipinski definition) is 0. The molecule has 0 spiro atoms. The Bertz CT molecular complexity index is 994. The lowest BCUT2D eigenvalue weighted by Gasteiger charge is -2.34. The van der Waals surface area contributed by atoms with Gasteiger partial charge in [-0.05, 0) is 42.8 Å². The van der Waals surface area contributed by atoms with E-state index in [0.717, 1.165) is 19.6 Å². The molecular formula is C23H25ClN4O2. The van der Waals surface area contributed by atoms with Crippen LogP contribution in [0.25, 0.3) is 0 Å². The number of nitrogens with zero attached hydrogens (tertiary/aromatic N) is 4. The van der Waals surface area contributed by atoms with Crippen LogP contribution in [0.2, 0.25) is 5.02 Å². The molecule has 1 saturated heterocycles. The Morgan fingerprint density at radius 1 is 1.07 bits per heavy atom. The van der Waals surface area contributed by atoms with Gasteiger partial charge in [0.15, 0.2) is 6.73 Å². The van der Waals surface area contributed by atoms with Crippen LogP contribution in [-0.4, -0.2) is 51.7 Å². The second-order valence-electron chi connectivity index (χ2n) is 7.50. The summed E-state index contributed by atoms with van der Waals surface area (Å²) in [6, 6.07) is 17.4. The minimum absolute atomic E-state index is 0.0117. The lowest BCUT2D eigenvalue weighted by molar-refractivity contribution is 0.0607. The molecule has 0 bridgehead atoms. The molecule has 1 aromatic heterocycles. The van der Waals surface area contributed by atoms with Gasteiger partial charge in [0.2, 0.25) is 0 Å². The summed E-state index contributed by atoms with van der Waals surface area (Å²) in [7, 11) is 0. The summed E-state index contributed by atoms with van der Waals surface area (Å²) >= 11 is 5.90. The number of benzene rings is 2. The second-order valence-corrected chi connectivity index (χ2v) is 7.94. The van der Waals surface area contributed by atoms with E-state index in [0.29, 0.717) is 29.6 Å². The SMILES string of the molecule is Cc1cccc(CN2CCN(C(=O)c3ccnn3COc3ccc(Cl)cc3)CC2)c1. The molecule has 0 radical (unpaired) electrons. The summed E-state index contributed by atoms with van der Waals surface area (Å²) < 4.78 is 7.33. The molecule has 0 unspecified atom stereocenters. The first-order valence-corrected chi connectivity index (χ1v) is 10.4. The molecule has 3 aromatic rings. The van der Waals surface area contributed by atoms with Crippen molar-refractivity contribution in [2.75, 3.05) is 26.2 Å². The van der Waals surface area contributed by atoms with E-state index in [4.69, 9.17) is 16.3 Å². The zero-order chi connectivity index (χ0) is 20.9. The zero-order valence-electron chi connectivity index (χ0n) is 17.0. The van der Waals surface area contributed by atoms with Gasteiger partial charge in [0.25, 0.3) is 5.91 Å². The molecule has 6 nitrogen and oxygen atoms in total. The number of halogens is 1. The largest absolute Gasteiger partial charge is 0.471 e. The molecule has 4 rings (SSSR count). The predicted octanol–water partition coefficient (Wildman–Crippen LogP) is 3.84. The van der Waals surface area contributed by atoms with Crippen LogP contribution in [-0.2, 0) is 13.3 Å². The molecule has 2 aromatic carbocycles. The molecule has 0 N–H and O–H groups in total. The minimum Gasteiger partial charge on any atom is -0.471 e. The summed E-state index contributed by atoms with van der Waals surface area (Å²) in [4.78, 5) is 17.3. The topological polar surface area (TPSA) is 50.6 Å². The number of piperazine rings is 1. The number of rotatable bonds is 6. The van der Waals surface area contributed by atoms with Gasteiger partial charge < -0.3 is 9.64 Å². The maximum absolute atomic E-state index is 13.0. The van der Waals surface area contributed by atoms with E-state index in [1.54, 1.807) is 41.2 Å². The molecule has 1 aliphatic heterocycles. The first-order valence-electron chi connectivity index (χ1n) is 10.1. The van der Waals surface area contributed by atoms with Crippen LogP contribution < -0.4 is 4.74 Å². The van der Waals surface area contributed by atoms with Crippen LogP contribution >= 0.6 is 11.6 Å². The Morgan fingerprint density at radius 3 is 2.57 bits per heavy atom. The molecule has 0 saturated carbocycles. The average molecular weight is 425 g/mol. The number of ether oxygens (including phenoxy) is 1. The van der Waals surface area contributed by atoms with E-state index in [1.165, 1.54) is 11.1 Å². The van der Waals surface area contributed by atoms with Crippen LogP contribution in [0.15, 0.2) is 60.8 Å². The maximum Gasteiger partial charge on any atom is 0.272 e. The van der Waals surface area contributed by atoms with Crippen LogP contribution in [0.3, 0.4) is 0 Å². The Balaban J connectivity index is 1.32. The summed E-state index contributed by atoms with van der Waals surface area (Å²) in [5.41, 5.74) is 3.12. The third kappa shape index (κ3) is 5.01. The van der Waals surface area contributed by atoms with E-state index in [9.17, 15) is 4.79 Å². The first kappa shape index (κ1) is 20.4. The molecule has 7 heteroatoms. The summed E-state index contributed by atoms with van der Waals surface area (Å²) in [5, 5.41) is 4.90. The van der Waals surface area contributed by atoms with E-state index >= 15 is 0 Å². The van der Waals surface area contributed by atoms with Crippen LogP contribution in [0, 0.1) is 6.92 Å². The summed E-state index contributed by atoms with van der Waals surface area (Å²) in [6.07, 6.45) is 1.63. The van der Waals surface area contributed by atoms with E-state index in [2.05, 4.69) is 41.2 Å². The van der Waals surface area contributed by atoms with Gasteiger partial charge >= 0.3 is 0 Å². The van der Waals surface area contributed by atoms with Gasteiger partial charge in [0.1, 0.15) is 11.4 Å². The smallest absolute Gasteiger partial charge is 0.272 e. The second kappa shape index (κ2) is 9.32. The highest BCUT2D eigenvalue weighted by molar-refractivity contribution is 6.30. The molecule has 30 heavy (non-hydrogen) atoms. The van der Waals surface area contributed by atoms with Crippen molar-refractivity contribution in [2.45, 2.75) is 20.2 Å². The zero-order valence-corrected chi connectivity index (χ0v) is 17.8. The fraction of sp³-hybridized carbons (Fsp3) is 0.304. The van der Waals surface area contributed by atoms with Crippen molar-refractivity contribution in [3.8, 4) is 5.75 Å². The molecule has 0 atom stereocenters. The lowest BCUT2D eigenvalue weighted by atomic mass is 10.1. The predicted molar refractivity (Wildman–Crippen MR) is 117 cm³/mol. The van der Waals surface area contributed by atoms with Crippen molar-refractivity contribution in [3.63, 3.8) is 0 Å². The highest BCUT2D eigenvalue weighted by atomic mass is 35.5. The fourth-order valence-corrected chi connectivity index (χ4v) is 3.75. The quantitative estimate of drug-likeness (QED) is 0.603. The van der Waals surface area contributed by atoms with Gasteiger partial charge in [-0.1, -0.05) is 41.4 Å². The van der Waals surface area contributed by atoms with Gasteiger partial charge in [0, 0.05) is 43.9 Å². The van der Waals surface area contributed by atoms with Crippen LogP contribution in [0.4, 0.5) is 0 Å². The van der Waals surface area contributed by atoms with Gasteiger partial charge in [0.05, 0.1) is 0 Å². The Kier molecular flexibility index (Phi) is 6.35. The number of amides is 1. The van der Waals surface area contributed by atoms with Gasteiger partial charge in [-0.3, -0.25) is 9.69 Å². The fourth-order valence-electron chi connectivity index (χ4n) is 3.62. The van der Waals surface area contributed by atoms with Crippen molar-refractivity contribution in [2.24, 2.45) is 0 Å². The van der Waals surface area contributed by atoms with Crippen LogP contribution in [0.1, 0.15) is 21.6 Å². The molecule has 1 aliphatic rings. The highest BCUT2D eigenvalue weighted by Crippen LogP contribution is 2.17. The van der Waals surface area contributed by atoms with Crippen molar-refractivity contribution in [3.05, 3.63) is 82.6 Å². The van der Waals surface area contributed by atoms with Gasteiger partial charge in [-0.25, -0.2) is 4.68 Å². The number of aromatic nitrogens is 2. The van der Waals surface area contributed by atoms with Crippen molar-refractivity contribution in [1.29, 1.82) is 0 Å². The number of carbonyl (C=O) groups is 1. The van der Waals surface area contributed by atoms with Crippen molar-refractivity contribution < 1.29 is 9.53 Å². The molecular weight excluding hydrogens is 400 g/mol. The Labute approximate surface area is 181 Å². The van der Waals surface area contributed by atoms with E-state index < -0.39 is 0 Å². The van der Waals surface area contributed by atoms with Gasteiger partial charge in [-0.15, -0.1) is 0 Å². The molecule has 2 heterocycles. The number of hydrogen-bond acceptors (Lipinski definition) is 4. The Hall–Kier alpha value is -2.83. The third-order valence-electron chi connectivity index (χ3n) is 5.25. The molecule has 1 fully saturated rings. The van der Waals surface area contributed by atoms with E-state index in [1.807, 2.05) is 4.90 Å². The highest BCUT2D eigenvalue weighted by Gasteiger charge is 2.24. The van der Waals surface area contributed by atoms with Gasteiger partial charge in [-0.2, -0.15) is 5.10 Å². The number of carbonyl (C=O) groups excluding carboxylic acids is 1. The standard InChI is InChI=1S/C23H25ClN4O2/c1-18-3-2-4-19(15-18)16-26-11-13-27(14-12-26)23(29)22-9-10-25-28(22)17-30-21-7-5-20(24)6-8-21/h2-10,15H,11-14,16-17H2,1H3. The third-order valence-corrected chi connectivity index (χ3v) is 5.50. The van der Waals surface area contributed by atoms with E-state index in [-0.39, 0.29) is 12.6 Å². The van der Waals surface area contributed by atoms with Crippen molar-refractivity contribution in [1.82, 2.24) is 19.6 Å². The van der Waals surface area contributed by atoms with Crippen LogP contribution in [0.5, 0.6) is 5.75 Å². The monoisotopic (exact) mass is 424 g/mol. The number of aryl methyl sites for hydroxylation is 1. The summed E-state index contributed by atoms with van der Waals surface area (Å²) in [6.45, 7) is 6.31. The summed E-state index contributed by atoms with van der Waals surface area (Å²) in [5.74, 6) is 0.667. The Morgan fingerprint density at radius 2 is 1.83 bits per heavy atom. The molecule has 0 aliphatic carbocycles. The average Bonchev–Trinajstić information content (AvgIpc) is 3.22. The maximum atomic E-state index is 13.0. The molecule has 1 amide bonds.